The number of aromatic nitrogens is 3. The van der Waals surface area contributed by atoms with E-state index in [1.165, 1.54) is 0 Å². The molecule has 2 aromatic heterocycles. The van der Waals surface area contributed by atoms with E-state index >= 15 is 0 Å². The Morgan fingerprint density at radius 1 is 1.47 bits per heavy atom. The van der Waals surface area contributed by atoms with Gasteiger partial charge in [-0.1, -0.05) is 0 Å². The quantitative estimate of drug-likeness (QED) is 0.759. The first-order chi connectivity index (χ1) is 9.17. The van der Waals surface area contributed by atoms with Gasteiger partial charge in [0, 0.05) is 24.5 Å². The fourth-order valence-electron chi connectivity index (χ4n) is 2.27. The summed E-state index contributed by atoms with van der Waals surface area (Å²) >= 11 is 7.77. The molecule has 0 spiro atoms. The molecule has 2 rings (SSSR count). The summed E-state index contributed by atoms with van der Waals surface area (Å²) in [7, 11) is 0. The molecule has 0 fully saturated rings. The van der Waals surface area contributed by atoms with Gasteiger partial charge in [0.1, 0.15) is 11.3 Å². The highest BCUT2D eigenvalue weighted by Crippen LogP contribution is 2.23. The number of rotatable bonds is 6. The number of aryl methyl sites for hydroxylation is 2. The number of thioether (sulfide) groups is 1. The van der Waals surface area contributed by atoms with Crippen molar-refractivity contribution >= 4 is 34.5 Å². The lowest BCUT2D eigenvalue weighted by Crippen LogP contribution is -2.11. The van der Waals surface area contributed by atoms with Crippen LogP contribution in [0.3, 0.4) is 0 Å². The summed E-state index contributed by atoms with van der Waals surface area (Å²) < 4.78 is 2.26. The molecule has 2 heterocycles. The van der Waals surface area contributed by atoms with Gasteiger partial charge in [0.05, 0.1) is 0 Å². The first-order valence-electron chi connectivity index (χ1n) is 6.55. The number of alkyl halides is 1. The van der Waals surface area contributed by atoms with E-state index in [2.05, 4.69) is 28.8 Å². The van der Waals surface area contributed by atoms with Crippen LogP contribution >= 0.6 is 23.4 Å². The molecule has 1 unspecified atom stereocenters. The van der Waals surface area contributed by atoms with Crippen molar-refractivity contribution in [3.63, 3.8) is 0 Å². The number of nitrogens with zero attached hydrogens (tertiary/aromatic N) is 3. The lowest BCUT2D eigenvalue weighted by molar-refractivity contribution is 0.525. The van der Waals surface area contributed by atoms with Crippen LogP contribution in [0.5, 0.6) is 0 Å². The molecule has 0 saturated heterocycles. The third kappa shape index (κ3) is 3.23. The van der Waals surface area contributed by atoms with E-state index in [-0.39, 0.29) is 0 Å². The zero-order valence-corrected chi connectivity index (χ0v) is 13.3. The van der Waals surface area contributed by atoms with Gasteiger partial charge in [0.25, 0.3) is 0 Å². The smallest absolute Gasteiger partial charge is 0.160 e. The Morgan fingerprint density at radius 3 is 2.95 bits per heavy atom. The Labute approximate surface area is 123 Å². The number of hydrogen-bond donors (Lipinski definition) is 0. The predicted octanol–water partition coefficient (Wildman–Crippen LogP) is 3.84. The topological polar surface area (TPSA) is 30.7 Å². The van der Waals surface area contributed by atoms with Gasteiger partial charge >= 0.3 is 0 Å². The SMILES string of the molecule is CSCCC(C)n1c(CCCl)nc2cc(C)cnc21. The highest BCUT2D eigenvalue weighted by atomic mass is 35.5. The van der Waals surface area contributed by atoms with Gasteiger partial charge in [-0.15, -0.1) is 11.6 Å². The lowest BCUT2D eigenvalue weighted by Gasteiger charge is -2.16. The summed E-state index contributed by atoms with van der Waals surface area (Å²) in [6.07, 6.45) is 5.96. The Hall–Kier alpha value is -0.740. The fourth-order valence-corrected chi connectivity index (χ4v) is 3.02. The second kappa shape index (κ2) is 6.62. The van der Waals surface area contributed by atoms with Crippen molar-refractivity contribution in [1.82, 2.24) is 14.5 Å². The summed E-state index contributed by atoms with van der Waals surface area (Å²) in [5.74, 6) is 2.79. The maximum atomic E-state index is 5.90. The third-order valence-corrected chi connectivity index (χ3v) is 4.07. The number of halogens is 1. The zero-order chi connectivity index (χ0) is 13.8. The summed E-state index contributed by atoms with van der Waals surface area (Å²) in [5, 5.41) is 0. The lowest BCUT2D eigenvalue weighted by atomic mass is 10.2. The van der Waals surface area contributed by atoms with Crippen LogP contribution in [0.4, 0.5) is 0 Å². The number of pyridine rings is 1. The minimum absolute atomic E-state index is 0.408. The molecule has 3 nitrogen and oxygen atoms in total. The van der Waals surface area contributed by atoms with Crippen molar-refractivity contribution < 1.29 is 0 Å². The molecule has 0 radical (unpaired) electrons. The summed E-state index contributed by atoms with van der Waals surface area (Å²) in [6, 6.07) is 2.50. The van der Waals surface area contributed by atoms with Crippen LogP contribution in [0.1, 0.15) is 30.8 Å². The highest BCUT2D eigenvalue weighted by Gasteiger charge is 2.16. The molecule has 0 aliphatic carbocycles. The van der Waals surface area contributed by atoms with Gasteiger partial charge in [0.2, 0.25) is 0 Å². The minimum atomic E-state index is 0.408. The first-order valence-corrected chi connectivity index (χ1v) is 8.48. The van der Waals surface area contributed by atoms with Crippen LogP contribution in [-0.2, 0) is 6.42 Å². The zero-order valence-electron chi connectivity index (χ0n) is 11.7. The Morgan fingerprint density at radius 2 is 2.26 bits per heavy atom. The van der Waals surface area contributed by atoms with Crippen LogP contribution in [0.15, 0.2) is 12.3 Å². The molecule has 2 aromatic rings. The molecule has 0 aromatic carbocycles. The van der Waals surface area contributed by atoms with E-state index in [0.29, 0.717) is 11.9 Å². The van der Waals surface area contributed by atoms with Gasteiger partial charge < -0.3 is 4.57 Å². The molecule has 0 saturated carbocycles. The third-order valence-electron chi connectivity index (χ3n) is 3.24. The molecule has 104 valence electrons. The normalized spacial score (nSPS) is 13.1. The molecule has 5 heteroatoms. The molecular formula is C14H20ClN3S. The number of hydrogen-bond acceptors (Lipinski definition) is 3. The average Bonchev–Trinajstić information content (AvgIpc) is 2.73. The largest absolute Gasteiger partial charge is 0.310 e. The van der Waals surface area contributed by atoms with Crippen LogP contribution in [-0.4, -0.2) is 32.4 Å². The van der Waals surface area contributed by atoms with E-state index in [1.807, 2.05) is 24.9 Å². The van der Waals surface area contributed by atoms with Crippen LogP contribution in [0.2, 0.25) is 0 Å². The predicted molar refractivity (Wildman–Crippen MR) is 84.4 cm³/mol. The van der Waals surface area contributed by atoms with Crippen LogP contribution < -0.4 is 0 Å². The van der Waals surface area contributed by atoms with Crippen molar-refractivity contribution in [3.05, 3.63) is 23.7 Å². The first kappa shape index (κ1) is 14.7. The van der Waals surface area contributed by atoms with Crippen LogP contribution in [0.25, 0.3) is 11.2 Å². The maximum absolute atomic E-state index is 5.90. The highest BCUT2D eigenvalue weighted by molar-refractivity contribution is 7.98. The van der Waals surface area contributed by atoms with Gasteiger partial charge in [-0.25, -0.2) is 9.97 Å². The molecular weight excluding hydrogens is 278 g/mol. The van der Waals surface area contributed by atoms with E-state index < -0.39 is 0 Å². The monoisotopic (exact) mass is 297 g/mol. The molecule has 0 N–H and O–H groups in total. The van der Waals surface area contributed by atoms with E-state index in [0.717, 1.165) is 41.1 Å². The van der Waals surface area contributed by atoms with Gasteiger partial charge in [-0.3, -0.25) is 0 Å². The van der Waals surface area contributed by atoms with Crippen molar-refractivity contribution in [2.24, 2.45) is 0 Å². The molecule has 0 aliphatic rings. The van der Waals surface area contributed by atoms with E-state index in [9.17, 15) is 0 Å². The fraction of sp³-hybridized carbons (Fsp3) is 0.571. The van der Waals surface area contributed by atoms with Gasteiger partial charge in [-0.2, -0.15) is 11.8 Å². The molecule has 0 amide bonds. The van der Waals surface area contributed by atoms with Crippen molar-refractivity contribution in [3.8, 4) is 0 Å². The summed E-state index contributed by atoms with van der Waals surface area (Å²) in [4.78, 5) is 9.26. The molecule has 1 atom stereocenters. The van der Waals surface area contributed by atoms with Crippen molar-refractivity contribution in [2.45, 2.75) is 32.7 Å². The Kier molecular flexibility index (Phi) is 5.11. The molecule has 19 heavy (non-hydrogen) atoms. The molecule has 0 bridgehead atoms. The second-order valence-electron chi connectivity index (χ2n) is 4.82. The molecule has 0 aliphatic heterocycles. The van der Waals surface area contributed by atoms with Crippen LogP contribution in [0, 0.1) is 6.92 Å². The Balaban J connectivity index is 2.45. The summed E-state index contributed by atoms with van der Waals surface area (Å²) in [5.41, 5.74) is 3.11. The summed E-state index contributed by atoms with van der Waals surface area (Å²) in [6.45, 7) is 4.28. The standard InChI is InChI=1S/C14H20ClN3S/c1-10-8-12-14(16-9-10)18(11(2)5-7-19-3)13(17-12)4-6-15/h8-9,11H,4-7H2,1-3H3. The second-order valence-corrected chi connectivity index (χ2v) is 6.19. The average molecular weight is 298 g/mol. The number of imidazole rings is 1. The maximum Gasteiger partial charge on any atom is 0.160 e. The minimum Gasteiger partial charge on any atom is -0.310 e. The van der Waals surface area contributed by atoms with Crippen molar-refractivity contribution in [1.29, 1.82) is 0 Å². The number of fused-ring (bicyclic) bond motifs is 1. The van der Waals surface area contributed by atoms with E-state index in [1.54, 1.807) is 0 Å². The van der Waals surface area contributed by atoms with Crippen molar-refractivity contribution in [2.75, 3.05) is 17.9 Å². The van der Waals surface area contributed by atoms with Gasteiger partial charge in [-0.05, 0) is 43.9 Å². The Bertz CT molecular complexity index is 553. The van der Waals surface area contributed by atoms with E-state index in [4.69, 9.17) is 16.6 Å². The van der Waals surface area contributed by atoms with Gasteiger partial charge in [0.15, 0.2) is 5.65 Å².